The van der Waals surface area contributed by atoms with E-state index in [-0.39, 0.29) is 22.1 Å². The number of Topliss-reactive ketones (excluding diaryl/α,β-unsaturated/α-hetero) is 1. The number of carbonyl (C=O) groups is 1. The highest BCUT2D eigenvalue weighted by Gasteiger charge is 2.23. The first-order chi connectivity index (χ1) is 10.2. The van der Waals surface area contributed by atoms with Gasteiger partial charge in [-0.2, -0.15) is 8.42 Å². The Morgan fingerprint density at radius 3 is 2.55 bits per heavy atom. The van der Waals surface area contributed by atoms with Crippen LogP contribution in [0.1, 0.15) is 17.3 Å². The van der Waals surface area contributed by atoms with Gasteiger partial charge in [0.25, 0.3) is 0 Å². The zero-order valence-electron chi connectivity index (χ0n) is 11.1. The summed E-state index contributed by atoms with van der Waals surface area (Å²) in [5, 5.41) is -0.178. The van der Waals surface area contributed by atoms with Crippen LogP contribution in [0.2, 0.25) is 5.02 Å². The van der Waals surface area contributed by atoms with Gasteiger partial charge in [-0.05, 0) is 43.3 Å². The van der Waals surface area contributed by atoms with Gasteiger partial charge >= 0.3 is 10.1 Å². The van der Waals surface area contributed by atoms with Crippen LogP contribution in [-0.4, -0.2) is 14.2 Å². The molecule has 0 radical (unpaired) electrons. The van der Waals surface area contributed by atoms with Gasteiger partial charge in [-0.15, -0.1) is 0 Å². The third kappa shape index (κ3) is 3.66. The first kappa shape index (κ1) is 16.9. The van der Waals surface area contributed by atoms with E-state index in [1.165, 1.54) is 25.1 Å². The number of rotatable bonds is 4. The first-order valence-electron chi connectivity index (χ1n) is 5.91. The Kier molecular flexibility index (Phi) is 4.89. The van der Waals surface area contributed by atoms with Crippen molar-refractivity contribution in [1.82, 2.24) is 0 Å². The lowest BCUT2D eigenvalue weighted by Crippen LogP contribution is -2.12. The summed E-state index contributed by atoms with van der Waals surface area (Å²) >= 11 is 8.96. The molecule has 0 aliphatic rings. The summed E-state index contributed by atoms with van der Waals surface area (Å²) in [5.41, 5.74) is 0.0745. The Labute approximate surface area is 140 Å². The van der Waals surface area contributed by atoms with Crippen molar-refractivity contribution in [3.63, 3.8) is 0 Å². The van der Waals surface area contributed by atoms with Crippen LogP contribution in [0, 0.1) is 5.82 Å². The van der Waals surface area contributed by atoms with Gasteiger partial charge in [-0.3, -0.25) is 4.79 Å². The predicted octanol–water partition coefficient (Wildman–Crippen LogP) is 4.21. The lowest BCUT2D eigenvalue weighted by atomic mass is 10.1. The molecule has 2 aromatic rings. The third-order valence-corrected chi connectivity index (χ3v) is 4.89. The minimum Gasteiger partial charge on any atom is -0.378 e. The molecule has 0 spiro atoms. The molecule has 22 heavy (non-hydrogen) atoms. The highest BCUT2D eigenvalue weighted by molar-refractivity contribution is 9.10. The Morgan fingerprint density at radius 1 is 1.23 bits per heavy atom. The molecule has 0 saturated carbocycles. The molecule has 0 aliphatic carbocycles. The fourth-order valence-electron chi connectivity index (χ4n) is 1.68. The van der Waals surface area contributed by atoms with Gasteiger partial charge in [0.05, 0.1) is 10.6 Å². The van der Waals surface area contributed by atoms with E-state index in [1.807, 2.05) is 0 Å². The first-order valence-corrected chi connectivity index (χ1v) is 8.48. The normalized spacial score (nSPS) is 11.3. The van der Waals surface area contributed by atoms with Crippen molar-refractivity contribution in [2.75, 3.05) is 0 Å². The molecule has 0 N–H and O–H groups in total. The molecule has 116 valence electrons. The number of halogens is 3. The summed E-state index contributed by atoms with van der Waals surface area (Å²) in [7, 11) is -4.37. The smallest absolute Gasteiger partial charge is 0.340 e. The standard InChI is InChI=1S/C14H9BrClFO4S/c1-8(18)11-6-9(15)2-5-13(11)21-22(19,20)14-7-10(17)3-4-12(14)16/h2-7H,1H3. The quantitative estimate of drug-likeness (QED) is 0.563. The summed E-state index contributed by atoms with van der Waals surface area (Å²) in [5.74, 6) is -1.30. The molecule has 4 nitrogen and oxygen atoms in total. The summed E-state index contributed by atoms with van der Waals surface area (Å²) in [4.78, 5) is 11.1. The number of hydrogen-bond acceptors (Lipinski definition) is 4. The topological polar surface area (TPSA) is 60.4 Å². The second-order valence-electron chi connectivity index (χ2n) is 4.31. The Bertz CT molecular complexity index is 852. The van der Waals surface area contributed by atoms with Crippen LogP contribution < -0.4 is 4.18 Å². The Morgan fingerprint density at radius 2 is 1.91 bits per heavy atom. The second-order valence-corrected chi connectivity index (χ2v) is 7.15. The molecule has 0 amide bonds. The molecule has 0 heterocycles. The lowest BCUT2D eigenvalue weighted by molar-refractivity contribution is 0.101. The van der Waals surface area contributed by atoms with E-state index in [4.69, 9.17) is 15.8 Å². The SMILES string of the molecule is CC(=O)c1cc(Br)ccc1OS(=O)(=O)c1cc(F)ccc1Cl. The van der Waals surface area contributed by atoms with Crippen molar-refractivity contribution >= 4 is 43.4 Å². The maximum Gasteiger partial charge on any atom is 0.340 e. The van der Waals surface area contributed by atoms with E-state index in [0.717, 1.165) is 18.2 Å². The van der Waals surface area contributed by atoms with Gasteiger partial charge in [0.2, 0.25) is 0 Å². The molecule has 0 aromatic heterocycles. The minimum atomic E-state index is -4.37. The fraction of sp³-hybridized carbons (Fsp3) is 0.0714. The van der Waals surface area contributed by atoms with Crippen molar-refractivity contribution in [2.45, 2.75) is 11.8 Å². The van der Waals surface area contributed by atoms with Crippen molar-refractivity contribution in [1.29, 1.82) is 0 Å². The lowest BCUT2D eigenvalue weighted by Gasteiger charge is -2.11. The van der Waals surface area contributed by atoms with Crippen molar-refractivity contribution in [2.24, 2.45) is 0 Å². The van der Waals surface area contributed by atoms with Crippen LogP contribution in [0.3, 0.4) is 0 Å². The number of hydrogen-bond donors (Lipinski definition) is 0. The van der Waals surface area contributed by atoms with Gasteiger partial charge in [0.1, 0.15) is 10.7 Å². The molecule has 2 aromatic carbocycles. The third-order valence-electron chi connectivity index (χ3n) is 2.68. The van der Waals surface area contributed by atoms with Gasteiger partial charge in [-0.25, -0.2) is 4.39 Å². The number of ketones is 1. The molecule has 8 heteroatoms. The van der Waals surface area contributed by atoms with Gasteiger partial charge in [-0.1, -0.05) is 27.5 Å². The zero-order valence-corrected chi connectivity index (χ0v) is 14.3. The van der Waals surface area contributed by atoms with Crippen LogP contribution in [-0.2, 0) is 10.1 Å². The average Bonchev–Trinajstić information content (AvgIpc) is 2.43. The molecular formula is C14H9BrClFO4S. The van der Waals surface area contributed by atoms with Crippen LogP contribution in [0.5, 0.6) is 5.75 Å². The number of carbonyl (C=O) groups excluding carboxylic acids is 1. The summed E-state index contributed by atoms with van der Waals surface area (Å²) in [6, 6.07) is 7.17. The molecular weight excluding hydrogens is 399 g/mol. The summed E-state index contributed by atoms with van der Waals surface area (Å²) in [6.45, 7) is 1.27. The molecule has 0 atom stereocenters. The minimum absolute atomic E-state index is 0.0745. The predicted molar refractivity (Wildman–Crippen MR) is 83.4 cm³/mol. The van der Waals surface area contributed by atoms with E-state index in [2.05, 4.69) is 15.9 Å². The largest absolute Gasteiger partial charge is 0.378 e. The maximum absolute atomic E-state index is 13.2. The molecule has 0 saturated heterocycles. The van der Waals surface area contributed by atoms with E-state index in [9.17, 15) is 17.6 Å². The highest BCUT2D eigenvalue weighted by Crippen LogP contribution is 2.29. The van der Waals surface area contributed by atoms with Crippen molar-refractivity contribution in [3.8, 4) is 5.75 Å². The van der Waals surface area contributed by atoms with E-state index in [0.29, 0.717) is 4.47 Å². The number of benzene rings is 2. The molecule has 0 aliphatic heterocycles. The van der Waals surface area contributed by atoms with Crippen LogP contribution in [0.25, 0.3) is 0 Å². The monoisotopic (exact) mass is 406 g/mol. The van der Waals surface area contributed by atoms with E-state index in [1.54, 1.807) is 0 Å². The van der Waals surface area contributed by atoms with Crippen LogP contribution in [0.4, 0.5) is 4.39 Å². The fourth-order valence-corrected chi connectivity index (χ4v) is 3.48. The van der Waals surface area contributed by atoms with E-state index < -0.39 is 20.8 Å². The average molecular weight is 408 g/mol. The van der Waals surface area contributed by atoms with Crippen LogP contribution in [0.15, 0.2) is 45.8 Å². The molecule has 2 rings (SSSR count). The molecule has 0 bridgehead atoms. The highest BCUT2D eigenvalue weighted by atomic mass is 79.9. The van der Waals surface area contributed by atoms with Gasteiger partial charge in [0, 0.05) is 4.47 Å². The van der Waals surface area contributed by atoms with Crippen molar-refractivity contribution in [3.05, 3.63) is 57.3 Å². The van der Waals surface area contributed by atoms with E-state index >= 15 is 0 Å². The molecule has 0 fully saturated rings. The zero-order chi connectivity index (χ0) is 16.5. The Hall–Kier alpha value is -1.44. The Balaban J connectivity index is 2.50. The van der Waals surface area contributed by atoms with Gasteiger partial charge in [0.15, 0.2) is 11.5 Å². The van der Waals surface area contributed by atoms with Crippen molar-refractivity contribution < 1.29 is 21.8 Å². The maximum atomic E-state index is 13.2. The summed E-state index contributed by atoms with van der Waals surface area (Å²) < 4.78 is 43.3. The van der Waals surface area contributed by atoms with Gasteiger partial charge < -0.3 is 4.18 Å². The second kappa shape index (κ2) is 6.36. The molecule has 0 unspecified atom stereocenters. The summed E-state index contributed by atoms with van der Waals surface area (Å²) in [6.07, 6.45) is 0. The van der Waals surface area contributed by atoms with Crippen LogP contribution >= 0.6 is 27.5 Å².